The van der Waals surface area contributed by atoms with Crippen molar-refractivity contribution in [2.24, 2.45) is 10.8 Å². The molecule has 0 rings (SSSR count). The van der Waals surface area contributed by atoms with Gasteiger partial charge in [0.2, 0.25) is 0 Å². The maximum Gasteiger partial charge on any atom is 0.325 e. The van der Waals surface area contributed by atoms with Gasteiger partial charge < -0.3 is 29.4 Å². The van der Waals surface area contributed by atoms with Crippen LogP contribution < -0.4 is 5.73 Å². The quantitative estimate of drug-likeness (QED) is 0.146. The number of methoxy groups -OCH3 is 1. The van der Waals surface area contributed by atoms with Gasteiger partial charge >= 0.3 is 5.97 Å². The van der Waals surface area contributed by atoms with Crippen molar-refractivity contribution < 1.29 is 28.5 Å². The lowest BCUT2D eigenvalue weighted by atomic mass is 10.3. The predicted molar refractivity (Wildman–Crippen MR) is 77.3 cm³/mol. The molecule has 1 atom stereocenters. The van der Waals surface area contributed by atoms with Crippen molar-refractivity contribution in [3.05, 3.63) is 10.4 Å². The summed E-state index contributed by atoms with van der Waals surface area (Å²) in [5.74, 6) is -0.504. The third-order valence-electron chi connectivity index (χ3n) is 2.32. The summed E-state index contributed by atoms with van der Waals surface area (Å²) in [5.41, 5.74) is 13.5. The van der Waals surface area contributed by atoms with E-state index in [2.05, 4.69) is 14.8 Å². The number of rotatable bonds is 15. The molecule has 0 aliphatic rings. The molecule has 0 saturated carbocycles. The Morgan fingerprint density at radius 2 is 1.55 bits per heavy atom. The van der Waals surface area contributed by atoms with E-state index < -0.39 is 12.0 Å². The highest BCUT2D eigenvalue weighted by molar-refractivity contribution is 5.75. The van der Waals surface area contributed by atoms with Crippen LogP contribution in [-0.2, 0) is 28.5 Å². The Morgan fingerprint density at radius 3 is 2.05 bits per heavy atom. The van der Waals surface area contributed by atoms with Crippen molar-refractivity contribution in [2.75, 3.05) is 66.5 Å². The van der Waals surface area contributed by atoms with Crippen molar-refractivity contribution in [3.63, 3.8) is 0 Å². The minimum absolute atomic E-state index is 0.0969. The lowest BCUT2D eigenvalue weighted by Crippen LogP contribution is -2.36. The molecule has 0 aromatic carbocycles. The van der Waals surface area contributed by atoms with Crippen molar-refractivity contribution in [1.29, 1.82) is 0 Å². The molecule has 0 radical (unpaired) electrons. The predicted octanol–water partition coefficient (Wildman–Crippen LogP) is -0.137. The average molecular weight is 320 g/mol. The van der Waals surface area contributed by atoms with E-state index in [0.717, 1.165) is 0 Å². The van der Waals surface area contributed by atoms with E-state index in [1.54, 1.807) is 0 Å². The fourth-order valence-corrected chi connectivity index (χ4v) is 1.24. The van der Waals surface area contributed by atoms with Gasteiger partial charge in [0, 0.05) is 11.5 Å². The standard InChI is InChI=1S/C12H24N4O6/c1-18-12(17)11(13)10-22-9-8-21-7-6-20-5-4-19-3-2-15-16-14/h11H,2-10,13H2,1H3/t11-/m0/s1. The van der Waals surface area contributed by atoms with Gasteiger partial charge in [-0.2, -0.15) is 0 Å². The molecule has 0 saturated heterocycles. The van der Waals surface area contributed by atoms with Gasteiger partial charge in [-0.1, -0.05) is 5.11 Å². The first-order chi connectivity index (χ1) is 10.7. The van der Waals surface area contributed by atoms with Crippen LogP contribution in [0.25, 0.3) is 10.4 Å². The zero-order valence-corrected chi connectivity index (χ0v) is 12.8. The Morgan fingerprint density at radius 1 is 1.05 bits per heavy atom. The first-order valence-corrected chi connectivity index (χ1v) is 6.87. The molecule has 0 aliphatic heterocycles. The summed E-state index contributed by atoms with van der Waals surface area (Å²) in [4.78, 5) is 13.6. The van der Waals surface area contributed by atoms with Gasteiger partial charge in [0.1, 0.15) is 6.04 Å². The number of nitrogens with two attached hydrogens (primary N) is 1. The molecule has 22 heavy (non-hydrogen) atoms. The van der Waals surface area contributed by atoms with Crippen LogP contribution in [0.5, 0.6) is 0 Å². The monoisotopic (exact) mass is 320 g/mol. The zero-order valence-electron chi connectivity index (χ0n) is 12.8. The van der Waals surface area contributed by atoms with Crippen molar-refractivity contribution in [3.8, 4) is 0 Å². The molecule has 0 fully saturated rings. The van der Waals surface area contributed by atoms with Crippen LogP contribution in [0.3, 0.4) is 0 Å². The minimum Gasteiger partial charge on any atom is -0.468 e. The summed E-state index contributed by atoms with van der Waals surface area (Å²) in [6.07, 6.45) is 0. The van der Waals surface area contributed by atoms with E-state index in [1.807, 2.05) is 0 Å². The van der Waals surface area contributed by atoms with E-state index in [1.165, 1.54) is 7.11 Å². The topological polar surface area (TPSA) is 138 Å². The number of nitrogens with zero attached hydrogens (tertiary/aromatic N) is 3. The van der Waals surface area contributed by atoms with Crippen LogP contribution in [0.2, 0.25) is 0 Å². The van der Waals surface area contributed by atoms with Gasteiger partial charge in [-0.15, -0.1) is 0 Å². The van der Waals surface area contributed by atoms with Crippen LogP contribution >= 0.6 is 0 Å². The lowest BCUT2D eigenvalue weighted by Gasteiger charge is -2.10. The van der Waals surface area contributed by atoms with Crippen molar-refractivity contribution in [2.45, 2.75) is 6.04 Å². The SMILES string of the molecule is COC(=O)[C@@H](N)COCCOCCOCCOCCN=[N+]=[N-]. The van der Waals surface area contributed by atoms with Gasteiger partial charge in [-0.25, -0.2) is 0 Å². The maximum absolute atomic E-state index is 11.0. The lowest BCUT2D eigenvalue weighted by molar-refractivity contribution is -0.143. The highest BCUT2D eigenvalue weighted by atomic mass is 16.6. The Bertz CT molecular complexity index is 325. The second-order valence-corrected chi connectivity index (χ2v) is 4.00. The second-order valence-electron chi connectivity index (χ2n) is 4.00. The Hall–Kier alpha value is -1.42. The van der Waals surface area contributed by atoms with E-state index in [4.69, 9.17) is 30.2 Å². The molecule has 0 heterocycles. The molecule has 2 N–H and O–H groups in total. The van der Waals surface area contributed by atoms with E-state index >= 15 is 0 Å². The number of ether oxygens (including phenoxy) is 5. The molecule has 0 aliphatic carbocycles. The first-order valence-electron chi connectivity index (χ1n) is 6.87. The molecule has 128 valence electrons. The molecule has 0 aromatic heterocycles. The fourth-order valence-electron chi connectivity index (χ4n) is 1.24. The molecule has 0 aromatic rings. The number of carbonyl (C=O) groups excluding carboxylic acids is 1. The summed E-state index contributed by atoms with van der Waals surface area (Å²) in [5, 5.41) is 3.33. The second kappa shape index (κ2) is 16.0. The van der Waals surface area contributed by atoms with Crippen LogP contribution in [0.1, 0.15) is 0 Å². The Kier molecular flexibility index (Phi) is 14.9. The van der Waals surface area contributed by atoms with E-state index in [-0.39, 0.29) is 6.61 Å². The zero-order chi connectivity index (χ0) is 16.5. The smallest absolute Gasteiger partial charge is 0.325 e. The van der Waals surface area contributed by atoms with Gasteiger partial charge in [0.25, 0.3) is 0 Å². The molecule has 0 spiro atoms. The summed E-state index contributed by atoms with van der Waals surface area (Å²) in [7, 11) is 1.27. The Balaban J connectivity index is 3.14. The highest BCUT2D eigenvalue weighted by Gasteiger charge is 2.12. The number of azide groups is 1. The normalized spacial score (nSPS) is 11.7. The molecular formula is C12H24N4O6. The minimum atomic E-state index is -0.771. The molecule has 0 amide bonds. The average Bonchev–Trinajstić information content (AvgIpc) is 2.54. The van der Waals surface area contributed by atoms with E-state index in [9.17, 15) is 4.79 Å². The van der Waals surface area contributed by atoms with Gasteiger partial charge in [-0.3, -0.25) is 4.79 Å². The first kappa shape index (κ1) is 20.6. The molecule has 10 nitrogen and oxygen atoms in total. The van der Waals surface area contributed by atoms with Crippen LogP contribution in [-0.4, -0.2) is 78.5 Å². The van der Waals surface area contributed by atoms with Crippen LogP contribution in [0, 0.1) is 0 Å². The molecule has 0 bridgehead atoms. The summed E-state index contributed by atoms with van der Waals surface area (Å²) >= 11 is 0. The number of esters is 1. The van der Waals surface area contributed by atoms with Crippen LogP contribution in [0.4, 0.5) is 0 Å². The number of hydrogen-bond donors (Lipinski definition) is 1. The largest absolute Gasteiger partial charge is 0.468 e. The fraction of sp³-hybridized carbons (Fsp3) is 0.917. The van der Waals surface area contributed by atoms with Crippen LogP contribution in [0.15, 0.2) is 5.11 Å². The van der Waals surface area contributed by atoms with Gasteiger partial charge in [0.15, 0.2) is 0 Å². The number of carbonyl (C=O) groups is 1. The van der Waals surface area contributed by atoms with E-state index in [0.29, 0.717) is 52.8 Å². The van der Waals surface area contributed by atoms with Gasteiger partial charge in [0.05, 0.1) is 60.0 Å². The van der Waals surface area contributed by atoms with Gasteiger partial charge in [-0.05, 0) is 5.53 Å². The molecular weight excluding hydrogens is 296 g/mol. The summed E-state index contributed by atoms with van der Waals surface area (Å²) in [6.45, 7) is 3.30. The number of hydrogen-bond acceptors (Lipinski definition) is 8. The Labute approximate surface area is 129 Å². The third kappa shape index (κ3) is 13.6. The summed E-state index contributed by atoms with van der Waals surface area (Å²) < 4.78 is 25.3. The maximum atomic E-state index is 11.0. The summed E-state index contributed by atoms with van der Waals surface area (Å²) in [6, 6.07) is -0.771. The third-order valence-corrected chi connectivity index (χ3v) is 2.32. The molecule has 0 unspecified atom stereocenters. The molecule has 10 heteroatoms. The van der Waals surface area contributed by atoms with Crippen molar-refractivity contribution >= 4 is 5.97 Å². The van der Waals surface area contributed by atoms with Crippen molar-refractivity contribution in [1.82, 2.24) is 0 Å². The highest BCUT2D eigenvalue weighted by Crippen LogP contribution is 1.87.